The van der Waals surface area contributed by atoms with Gasteiger partial charge in [0.05, 0.1) is 32.1 Å². The minimum absolute atomic E-state index is 0.123. The molecule has 2 aromatic carbocycles. The SMILES string of the molecule is COc1ccc([C@@H]2CCCN2CN2C(=O)C(=O)c3cc(C)ccc32)c(OC)c1. The fourth-order valence-electron chi connectivity index (χ4n) is 4.18. The van der Waals surface area contributed by atoms with Crippen molar-refractivity contribution in [1.29, 1.82) is 0 Å². The standard InChI is InChI=1S/C22H24N2O4/c1-14-6-9-19-17(11-14)21(25)22(26)24(19)13-23-10-4-5-18(23)16-8-7-15(27-2)12-20(16)28-3/h6-9,11-12,18H,4-5,10,13H2,1-3H3/t18-/m0/s1. The third-order valence-electron chi connectivity index (χ3n) is 5.61. The monoisotopic (exact) mass is 380 g/mol. The van der Waals surface area contributed by atoms with Crippen LogP contribution in [0.5, 0.6) is 11.5 Å². The number of methoxy groups -OCH3 is 2. The number of rotatable bonds is 5. The number of aryl methyl sites for hydroxylation is 1. The molecule has 6 heteroatoms. The van der Waals surface area contributed by atoms with Gasteiger partial charge in [-0.2, -0.15) is 0 Å². The van der Waals surface area contributed by atoms with Crippen molar-refractivity contribution in [2.24, 2.45) is 0 Å². The number of benzene rings is 2. The van der Waals surface area contributed by atoms with Crippen LogP contribution in [0.4, 0.5) is 5.69 Å². The molecular formula is C22H24N2O4. The zero-order valence-corrected chi connectivity index (χ0v) is 16.4. The van der Waals surface area contributed by atoms with Gasteiger partial charge in [-0.15, -0.1) is 0 Å². The van der Waals surface area contributed by atoms with Gasteiger partial charge in [-0.05, 0) is 38.0 Å². The van der Waals surface area contributed by atoms with E-state index in [1.165, 1.54) is 0 Å². The molecule has 2 heterocycles. The lowest BCUT2D eigenvalue weighted by molar-refractivity contribution is -0.114. The summed E-state index contributed by atoms with van der Waals surface area (Å²) in [6, 6.07) is 11.6. The zero-order valence-electron chi connectivity index (χ0n) is 16.4. The van der Waals surface area contributed by atoms with Crippen molar-refractivity contribution < 1.29 is 19.1 Å². The van der Waals surface area contributed by atoms with Gasteiger partial charge in [0.2, 0.25) is 0 Å². The van der Waals surface area contributed by atoms with Gasteiger partial charge in [0, 0.05) is 24.2 Å². The minimum Gasteiger partial charge on any atom is -0.497 e. The van der Waals surface area contributed by atoms with Crippen LogP contribution in [0.3, 0.4) is 0 Å². The predicted octanol–water partition coefficient (Wildman–Crippen LogP) is 3.34. The van der Waals surface area contributed by atoms with Crippen molar-refractivity contribution >= 4 is 17.4 Å². The van der Waals surface area contributed by atoms with Gasteiger partial charge in [0.1, 0.15) is 11.5 Å². The van der Waals surface area contributed by atoms with Crippen LogP contribution in [0.1, 0.15) is 40.4 Å². The van der Waals surface area contributed by atoms with Crippen LogP contribution in [0.25, 0.3) is 0 Å². The first-order valence-electron chi connectivity index (χ1n) is 9.46. The first kappa shape index (κ1) is 18.5. The third-order valence-corrected chi connectivity index (χ3v) is 5.61. The molecule has 0 saturated carbocycles. The minimum atomic E-state index is -0.451. The molecular weight excluding hydrogens is 356 g/mol. The second kappa shape index (κ2) is 7.28. The molecule has 1 amide bonds. The normalized spacial score (nSPS) is 19.2. The Hall–Kier alpha value is -2.86. The Morgan fingerprint density at radius 3 is 2.64 bits per heavy atom. The van der Waals surface area contributed by atoms with E-state index in [1.54, 1.807) is 25.2 Å². The molecule has 4 rings (SSSR count). The Morgan fingerprint density at radius 1 is 1.07 bits per heavy atom. The summed E-state index contributed by atoms with van der Waals surface area (Å²) in [6.07, 6.45) is 2.00. The van der Waals surface area contributed by atoms with E-state index in [1.807, 2.05) is 37.3 Å². The summed E-state index contributed by atoms with van der Waals surface area (Å²) in [5.74, 6) is 0.648. The molecule has 0 N–H and O–H groups in total. The first-order chi connectivity index (χ1) is 13.5. The summed E-state index contributed by atoms with van der Waals surface area (Å²) in [6.45, 7) is 3.17. The fourth-order valence-corrected chi connectivity index (χ4v) is 4.18. The molecule has 1 fully saturated rings. The molecule has 0 spiro atoms. The molecule has 2 aliphatic rings. The van der Waals surface area contributed by atoms with E-state index < -0.39 is 11.7 Å². The van der Waals surface area contributed by atoms with Gasteiger partial charge in [0.25, 0.3) is 5.78 Å². The lowest BCUT2D eigenvalue weighted by atomic mass is 10.0. The predicted molar refractivity (Wildman–Crippen MR) is 106 cm³/mol. The number of amides is 1. The molecule has 28 heavy (non-hydrogen) atoms. The Balaban J connectivity index is 1.62. The number of nitrogens with zero attached hydrogens (tertiary/aromatic N) is 2. The van der Waals surface area contributed by atoms with Crippen LogP contribution in [0.15, 0.2) is 36.4 Å². The van der Waals surface area contributed by atoms with Crippen LogP contribution in [0.2, 0.25) is 0 Å². The number of ketones is 1. The lowest BCUT2D eigenvalue weighted by Crippen LogP contribution is -2.40. The van der Waals surface area contributed by atoms with Crippen LogP contribution < -0.4 is 14.4 Å². The Bertz CT molecular complexity index is 940. The maximum absolute atomic E-state index is 12.6. The molecule has 1 atom stereocenters. The number of hydrogen-bond acceptors (Lipinski definition) is 5. The largest absolute Gasteiger partial charge is 0.497 e. The van der Waals surface area contributed by atoms with Gasteiger partial charge in [-0.1, -0.05) is 17.7 Å². The molecule has 146 valence electrons. The van der Waals surface area contributed by atoms with Gasteiger partial charge < -0.3 is 9.47 Å². The van der Waals surface area contributed by atoms with Gasteiger partial charge in [-0.3, -0.25) is 19.4 Å². The molecule has 0 bridgehead atoms. The van der Waals surface area contributed by atoms with E-state index >= 15 is 0 Å². The molecule has 0 unspecified atom stereocenters. The Labute approximate surface area is 164 Å². The summed E-state index contributed by atoms with van der Waals surface area (Å²) in [7, 11) is 3.28. The summed E-state index contributed by atoms with van der Waals surface area (Å²) in [5.41, 5.74) is 3.25. The number of carbonyl (C=O) groups excluding carboxylic acids is 2. The maximum Gasteiger partial charge on any atom is 0.300 e. The van der Waals surface area contributed by atoms with Crippen molar-refractivity contribution in [3.05, 3.63) is 53.1 Å². The highest BCUT2D eigenvalue weighted by Gasteiger charge is 2.39. The molecule has 6 nitrogen and oxygen atoms in total. The van der Waals surface area contributed by atoms with Gasteiger partial charge >= 0.3 is 5.91 Å². The highest BCUT2D eigenvalue weighted by molar-refractivity contribution is 6.52. The second-order valence-electron chi connectivity index (χ2n) is 7.30. The zero-order chi connectivity index (χ0) is 19.8. The number of ether oxygens (including phenoxy) is 2. The third kappa shape index (κ3) is 3.03. The fraction of sp³-hybridized carbons (Fsp3) is 0.364. The highest BCUT2D eigenvalue weighted by Crippen LogP contribution is 2.40. The number of fused-ring (bicyclic) bond motifs is 1. The van der Waals surface area contributed by atoms with E-state index in [-0.39, 0.29) is 6.04 Å². The molecule has 0 radical (unpaired) electrons. The van der Waals surface area contributed by atoms with E-state index in [0.29, 0.717) is 17.9 Å². The van der Waals surface area contributed by atoms with E-state index in [2.05, 4.69) is 4.90 Å². The van der Waals surface area contributed by atoms with E-state index in [9.17, 15) is 9.59 Å². The summed E-state index contributed by atoms with van der Waals surface area (Å²) in [5, 5.41) is 0. The quantitative estimate of drug-likeness (QED) is 0.745. The summed E-state index contributed by atoms with van der Waals surface area (Å²) in [4.78, 5) is 28.9. The smallest absolute Gasteiger partial charge is 0.300 e. The maximum atomic E-state index is 12.6. The number of hydrogen-bond donors (Lipinski definition) is 0. The topological polar surface area (TPSA) is 59.1 Å². The van der Waals surface area contributed by atoms with Crippen LogP contribution in [-0.2, 0) is 4.79 Å². The molecule has 0 aromatic heterocycles. The van der Waals surface area contributed by atoms with Gasteiger partial charge in [0.15, 0.2) is 0 Å². The average Bonchev–Trinajstić information content (AvgIpc) is 3.26. The molecule has 2 aromatic rings. The van der Waals surface area contributed by atoms with Crippen molar-refractivity contribution in [3.8, 4) is 11.5 Å². The number of likely N-dealkylation sites (tertiary alicyclic amines) is 1. The highest BCUT2D eigenvalue weighted by atomic mass is 16.5. The van der Waals surface area contributed by atoms with Crippen molar-refractivity contribution in [2.75, 3.05) is 32.3 Å². The number of Topliss-reactive ketones (excluding diaryl/α,β-unsaturated/α-hetero) is 1. The number of anilines is 1. The average molecular weight is 380 g/mol. The Kier molecular flexibility index (Phi) is 4.81. The van der Waals surface area contributed by atoms with Gasteiger partial charge in [-0.25, -0.2) is 0 Å². The van der Waals surface area contributed by atoms with Crippen molar-refractivity contribution in [1.82, 2.24) is 4.90 Å². The Morgan fingerprint density at radius 2 is 1.89 bits per heavy atom. The number of carbonyl (C=O) groups is 2. The summed E-state index contributed by atoms with van der Waals surface area (Å²) < 4.78 is 10.9. The van der Waals surface area contributed by atoms with Crippen molar-refractivity contribution in [2.45, 2.75) is 25.8 Å². The lowest BCUT2D eigenvalue weighted by Gasteiger charge is -2.30. The van der Waals surface area contributed by atoms with Crippen LogP contribution in [-0.4, -0.2) is 44.0 Å². The summed E-state index contributed by atoms with van der Waals surface area (Å²) >= 11 is 0. The molecule has 1 saturated heterocycles. The molecule has 2 aliphatic heterocycles. The van der Waals surface area contributed by atoms with E-state index in [4.69, 9.17) is 9.47 Å². The van der Waals surface area contributed by atoms with Crippen molar-refractivity contribution in [3.63, 3.8) is 0 Å². The second-order valence-corrected chi connectivity index (χ2v) is 7.30. The van der Waals surface area contributed by atoms with Crippen LogP contribution >= 0.6 is 0 Å². The van der Waals surface area contributed by atoms with E-state index in [0.717, 1.165) is 42.0 Å². The van der Waals surface area contributed by atoms with Crippen LogP contribution in [0, 0.1) is 6.92 Å². The molecule has 0 aliphatic carbocycles. The first-order valence-corrected chi connectivity index (χ1v) is 9.46.